The number of nitrogens with one attached hydrogen (secondary N) is 2. The largest absolute Gasteiger partial charge is 0.372 e. The minimum atomic E-state index is -0.647. The predicted molar refractivity (Wildman–Crippen MR) is 210 cm³/mol. The highest BCUT2D eigenvalue weighted by molar-refractivity contribution is 6.32. The summed E-state index contributed by atoms with van der Waals surface area (Å²) in [4.78, 5) is 74.0. The zero-order valence-electron chi connectivity index (χ0n) is 31.4. The van der Waals surface area contributed by atoms with Crippen molar-refractivity contribution in [3.8, 4) is 6.07 Å². The number of piperidine rings is 1. The summed E-state index contributed by atoms with van der Waals surface area (Å²) in [5.74, 6) is -0.944. The molecule has 0 spiro atoms. The zero-order chi connectivity index (χ0) is 39.1. The Kier molecular flexibility index (Phi) is 10.4. The Bertz CT molecular complexity index is 2120. The SMILES string of the molecule is CN(c1ccc(C#N)c(Cl)c1)C1CCC(NC(=O)c2ccc(N3CCN(CC(=O)N4Cc5cc6c(cc5C4)C(=O)N([C@@H]4CCC(=O)NC4=O)C6)CC3)cc2)CC1. The van der Waals surface area contributed by atoms with Gasteiger partial charge in [0.05, 0.1) is 17.1 Å². The number of piperazine rings is 1. The molecule has 3 fully saturated rings. The van der Waals surface area contributed by atoms with Crippen molar-refractivity contribution in [3.05, 3.63) is 93.0 Å². The minimum Gasteiger partial charge on any atom is -0.372 e. The molecule has 5 aliphatic rings. The maximum absolute atomic E-state index is 13.4. The summed E-state index contributed by atoms with van der Waals surface area (Å²) < 4.78 is 0. The third-order valence-electron chi connectivity index (χ3n) is 12.2. The summed E-state index contributed by atoms with van der Waals surface area (Å²) in [6, 6.07) is 19.1. The predicted octanol–water partition coefficient (Wildman–Crippen LogP) is 3.81. The molecule has 0 radical (unpaired) electrons. The fourth-order valence-corrected chi connectivity index (χ4v) is 9.05. The van der Waals surface area contributed by atoms with Gasteiger partial charge < -0.3 is 24.9 Å². The van der Waals surface area contributed by atoms with Gasteiger partial charge in [0, 0.05) is 93.9 Å². The summed E-state index contributed by atoms with van der Waals surface area (Å²) in [5.41, 5.74) is 6.55. The molecule has 5 amide bonds. The van der Waals surface area contributed by atoms with E-state index < -0.39 is 11.9 Å². The molecule has 4 heterocycles. The standard InChI is InChI=1S/C42H45ClN8O5/c1-47(34-9-4-27(21-44)36(43)20-34)32-10-5-31(6-11-32)45-40(54)26-2-7-33(8-3-26)49-16-14-48(15-17-49)25-39(53)50-22-28-18-30-24-51(37-12-13-38(52)46-41(37)55)42(56)35(30)19-29(28)23-50/h2-4,7-9,18-20,31-32,37H,5-6,10-17,22-25H2,1H3,(H,45,54)(H,46,52,55)/t31?,32?,37-/m1/s1. The maximum Gasteiger partial charge on any atom is 0.255 e. The quantitative estimate of drug-likeness (QED) is 0.326. The van der Waals surface area contributed by atoms with Crippen molar-refractivity contribution in [1.29, 1.82) is 5.26 Å². The number of hydrogen-bond acceptors (Lipinski definition) is 9. The van der Waals surface area contributed by atoms with Gasteiger partial charge in [0.2, 0.25) is 17.7 Å². The van der Waals surface area contributed by atoms with E-state index in [9.17, 15) is 29.2 Å². The van der Waals surface area contributed by atoms with Crippen LogP contribution in [0.4, 0.5) is 11.4 Å². The van der Waals surface area contributed by atoms with E-state index in [4.69, 9.17) is 11.6 Å². The van der Waals surface area contributed by atoms with E-state index in [0.717, 1.165) is 79.9 Å². The Morgan fingerprint density at radius 1 is 0.893 bits per heavy atom. The van der Waals surface area contributed by atoms with Crippen molar-refractivity contribution in [2.24, 2.45) is 0 Å². The number of imide groups is 1. The number of anilines is 2. The third-order valence-corrected chi connectivity index (χ3v) is 12.5. The summed E-state index contributed by atoms with van der Waals surface area (Å²) >= 11 is 6.26. The Balaban J connectivity index is 0.770. The highest BCUT2D eigenvalue weighted by atomic mass is 35.5. The van der Waals surface area contributed by atoms with Crippen LogP contribution in [0, 0.1) is 11.3 Å². The number of fused-ring (bicyclic) bond motifs is 2. The lowest BCUT2D eigenvalue weighted by Gasteiger charge is -2.36. The molecule has 3 aromatic rings. The first-order valence-corrected chi connectivity index (χ1v) is 19.8. The Morgan fingerprint density at radius 3 is 2.29 bits per heavy atom. The molecule has 1 aliphatic carbocycles. The van der Waals surface area contributed by atoms with Crippen molar-refractivity contribution >= 4 is 52.5 Å². The van der Waals surface area contributed by atoms with Crippen LogP contribution in [0.15, 0.2) is 54.6 Å². The smallest absolute Gasteiger partial charge is 0.255 e. The first-order chi connectivity index (χ1) is 27.0. The number of benzene rings is 3. The number of halogens is 1. The second-order valence-electron chi connectivity index (χ2n) is 15.6. The zero-order valence-corrected chi connectivity index (χ0v) is 32.2. The van der Waals surface area contributed by atoms with Crippen LogP contribution < -0.4 is 20.4 Å². The number of amides is 5. The lowest BCUT2D eigenvalue weighted by Crippen LogP contribution is -2.52. The van der Waals surface area contributed by atoms with Crippen LogP contribution in [0.2, 0.25) is 5.02 Å². The van der Waals surface area contributed by atoms with E-state index in [1.54, 1.807) is 11.0 Å². The van der Waals surface area contributed by atoms with E-state index in [2.05, 4.69) is 38.5 Å². The van der Waals surface area contributed by atoms with Crippen LogP contribution in [0.25, 0.3) is 0 Å². The van der Waals surface area contributed by atoms with Gasteiger partial charge >= 0.3 is 0 Å². The molecule has 290 valence electrons. The number of rotatable bonds is 8. The van der Waals surface area contributed by atoms with E-state index in [1.165, 1.54) is 0 Å². The molecule has 56 heavy (non-hydrogen) atoms. The van der Waals surface area contributed by atoms with Gasteiger partial charge in [-0.15, -0.1) is 0 Å². The molecule has 0 bridgehead atoms. The molecular weight excluding hydrogens is 732 g/mol. The lowest BCUT2D eigenvalue weighted by molar-refractivity contribution is -0.137. The fourth-order valence-electron chi connectivity index (χ4n) is 8.83. The molecule has 0 aromatic heterocycles. The molecule has 2 N–H and O–H groups in total. The van der Waals surface area contributed by atoms with Gasteiger partial charge in [0.25, 0.3) is 11.8 Å². The number of nitrogens with zero attached hydrogens (tertiary/aromatic N) is 6. The topological polar surface area (TPSA) is 149 Å². The van der Waals surface area contributed by atoms with E-state index in [1.807, 2.05) is 53.4 Å². The highest BCUT2D eigenvalue weighted by Crippen LogP contribution is 2.34. The molecule has 8 rings (SSSR count). The van der Waals surface area contributed by atoms with Crippen LogP contribution in [0.1, 0.15) is 81.5 Å². The minimum absolute atomic E-state index is 0.0541. The first kappa shape index (κ1) is 37.5. The number of nitriles is 1. The molecule has 14 heteroatoms. The first-order valence-electron chi connectivity index (χ1n) is 19.4. The summed E-state index contributed by atoms with van der Waals surface area (Å²) in [5, 5.41) is 15.2. The molecule has 2 saturated heterocycles. The number of carbonyl (C=O) groups excluding carboxylic acids is 5. The van der Waals surface area contributed by atoms with Gasteiger partial charge in [-0.3, -0.25) is 34.2 Å². The molecule has 13 nitrogen and oxygen atoms in total. The normalized spacial score (nSPS) is 22.3. The summed E-state index contributed by atoms with van der Waals surface area (Å²) in [6.45, 7) is 4.59. The molecule has 0 unspecified atom stereocenters. The van der Waals surface area contributed by atoms with Crippen molar-refractivity contribution in [2.75, 3.05) is 49.6 Å². The molecule has 1 atom stereocenters. The number of carbonyl (C=O) groups is 5. The van der Waals surface area contributed by atoms with Gasteiger partial charge in [-0.2, -0.15) is 5.26 Å². The van der Waals surface area contributed by atoms with E-state index >= 15 is 0 Å². The average Bonchev–Trinajstić information content (AvgIpc) is 3.77. The summed E-state index contributed by atoms with van der Waals surface area (Å²) in [6.07, 6.45) is 4.20. The molecule has 3 aromatic carbocycles. The van der Waals surface area contributed by atoms with E-state index in [0.29, 0.717) is 60.4 Å². The third kappa shape index (κ3) is 7.55. The Labute approximate surface area is 331 Å². The van der Waals surface area contributed by atoms with Crippen molar-refractivity contribution < 1.29 is 24.0 Å². The fraction of sp³-hybridized carbons (Fsp3) is 0.429. The van der Waals surface area contributed by atoms with Crippen LogP contribution in [-0.4, -0.2) is 102 Å². The number of hydrogen-bond donors (Lipinski definition) is 2. The highest BCUT2D eigenvalue weighted by Gasteiger charge is 2.40. The Morgan fingerprint density at radius 2 is 1.61 bits per heavy atom. The lowest BCUT2D eigenvalue weighted by atomic mass is 9.90. The van der Waals surface area contributed by atoms with Crippen molar-refractivity contribution in [2.45, 2.75) is 76.3 Å². The van der Waals surface area contributed by atoms with Crippen LogP contribution in [-0.2, 0) is 34.0 Å². The van der Waals surface area contributed by atoms with Crippen molar-refractivity contribution in [1.82, 2.24) is 25.3 Å². The monoisotopic (exact) mass is 776 g/mol. The van der Waals surface area contributed by atoms with Gasteiger partial charge in [0.1, 0.15) is 12.1 Å². The molecule has 1 saturated carbocycles. The van der Waals surface area contributed by atoms with Crippen LogP contribution in [0.3, 0.4) is 0 Å². The van der Waals surface area contributed by atoms with Gasteiger partial charge in [0.15, 0.2) is 0 Å². The van der Waals surface area contributed by atoms with Crippen LogP contribution in [0.5, 0.6) is 0 Å². The molecule has 4 aliphatic heterocycles. The second kappa shape index (κ2) is 15.6. The van der Waals surface area contributed by atoms with Gasteiger partial charge in [-0.1, -0.05) is 17.7 Å². The van der Waals surface area contributed by atoms with E-state index in [-0.39, 0.29) is 36.1 Å². The van der Waals surface area contributed by atoms with Crippen LogP contribution >= 0.6 is 11.6 Å². The van der Waals surface area contributed by atoms with Gasteiger partial charge in [-0.05, 0) is 97.3 Å². The average molecular weight is 777 g/mol. The molecular formula is C42H45ClN8O5. The summed E-state index contributed by atoms with van der Waals surface area (Å²) in [7, 11) is 2.05. The maximum atomic E-state index is 13.4. The van der Waals surface area contributed by atoms with Crippen molar-refractivity contribution in [3.63, 3.8) is 0 Å². The second-order valence-corrected chi connectivity index (χ2v) is 16.0. The Hall–Kier alpha value is -5.45. The van der Waals surface area contributed by atoms with Gasteiger partial charge in [-0.25, -0.2) is 0 Å².